The van der Waals surface area contributed by atoms with E-state index in [1.165, 1.54) is 23.3 Å². The van der Waals surface area contributed by atoms with Crippen molar-refractivity contribution < 1.29 is 9.18 Å². The summed E-state index contributed by atoms with van der Waals surface area (Å²) in [6, 6.07) is 14.3. The van der Waals surface area contributed by atoms with Crippen LogP contribution >= 0.6 is 23.1 Å². The molecule has 0 fully saturated rings. The van der Waals surface area contributed by atoms with Gasteiger partial charge in [-0.2, -0.15) is 0 Å². The Morgan fingerprint density at radius 2 is 1.81 bits per heavy atom. The number of amides is 1. The molecule has 3 aromatic rings. The molecule has 0 atom stereocenters. The van der Waals surface area contributed by atoms with Crippen molar-refractivity contribution in [2.24, 2.45) is 0 Å². The number of halogens is 1. The van der Waals surface area contributed by atoms with Crippen molar-refractivity contribution in [3.8, 4) is 0 Å². The van der Waals surface area contributed by atoms with Crippen LogP contribution in [-0.4, -0.2) is 16.6 Å². The number of hydrogen-bond donors (Lipinski definition) is 0. The van der Waals surface area contributed by atoms with E-state index < -0.39 is 0 Å². The van der Waals surface area contributed by atoms with Crippen molar-refractivity contribution >= 4 is 34.7 Å². The van der Waals surface area contributed by atoms with Gasteiger partial charge >= 0.3 is 0 Å². The van der Waals surface area contributed by atoms with Crippen LogP contribution in [0.1, 0.15) is 21.8 Å². The van der Waals surface area contributed by atoms with Crippen LogP contribution in [0.5, 0.6) is 0 Å². The van der Waals surface area contributed by atoms with Gasteiger partial charge in [0, 0.05) is 16.8 Å². The van der Waals surface area contributed by atoms with Gasteiger partial charge in [-0.15, -0.1) is 23.1 Å². The lowest BCUT2D eigenvalue weighted by atomic mass is 10.2. The van der Waals surface area contributed by atoms with Crippen molar-refractivity contribution in [3.05, 3.63) is 81.6 Å². The first-order chi connectivity index (χ1) is 13.0. The SMILES string of the molecule is Cc1ccc(CSCC(=O)N(Cc2csc(C)n2)c2ccc(F)cc2)cc1. The molecule has 0 aliphatic carbocycles. The monoisotopic (exact) mass is 400 g/mol. The molecule has 2 aromatic carbocycles. The molecule has 0 unspecified atom stereocenters. The molecule has 1 aromatic heterocycles. The fourth-order valence-corrected chi connectivity index (χ4v) is 4.07. The zero-order valence-corrected chi connectivity index (χ0v) is 16.9. The average Bonchev–Trinajstić information content (AvgIpc) is 3.07. The van der Waals surface area contributed by atoms with Crippen molar-refractivity contribution in [3.63, 3.8) is 0 Å². The standard InChI is InChI=1S/C21H21FN2OS2/c1-15-3-5-17(6-4-15)12-26-14-21(25)24(11-19-13-27-16(2)23-19)20-9-7-18(22)8-10-20/h3-10,13H,11-12,14H2,1-2H3. The van der Waals surface area contributed by atoms with Crippen LogP contribution in [0, 0.1) is 19.7 Å². The Bertz CT molecular complexity index is 891. The summed E-state index contributed by atoms with van der Waals surface area (Å²) in [5.41, 5.74) is 3.95. The molecule has 3 rings (SSSR count). The van der Waals surface area contributed by atoms with Gasteiger partial charge < -0.3 is 4.90 Å². The van der Waals surface area contributed by atoms with E-state index >= 15 is 0 Å². The Labute approximate surface area is 167 Å². The zero-order valence-electron chi connectivity index (χ0n) is 15.3. The van der Waals surface area contributed by atoms with Crippen LogP contribution in [0.15, 0.2) is 53.9 Å². The van der Waals surface area contributed by atoms with Gasteiger partial charge in [-0.05, 0) is 43.7 Å². The van der Waals surface area contributed by atoms with Crippen LogP contribution in [-0.2, 0) is 17.1 Å². The highest BCUT2D eigenvalue weighted by Gasteiger charge is 2.17. The summed E-state index contributed by atoms with van der Waals surface area (Å²) in [5.74, 6) is 0.807. The van der Waals surface area contributed by atoms with E-state index in [2.05, 4.69) is 36.2 Å². The van der Waals surface area contributed by atoms with Crippen molar-refractivity contribution in [1.82, 2.24) is 4.98 Å². The second-order valence-corrected chi connectivity index (χ2v) is 8.34. The molecule has 0 aliphatic rings. The van der Waals surface area contributed by atoms with Gasteiger partial charge in [-0.1, -0.05) is 29.8 Å². The molecule has 0 saturated carbocycles. The molecule has 1 heterocycles. The van der Waals surface area contributed by atoms with Crippen LogP contribution in [0.25, 0.3) is 0 Å². The minimum absolute atomic E-state index is 0.00984. The molecule has 0 aliphatic heterocycles. The number of thiazole rings is 1. The molecule has 0 N–H and O–H groups in total. The van der Waals surface area contributed by atoms with E-state index in [-0.39, 0.29) is 11.7 Å². The maximum absolute atomic E-state index is 13.3. The molecule has 0 saturated heterocycles. The summed E-state index contributed by atoms with van der Waals surface area (Å²) in [7, 11) is 0. The highest BCUT2D eigenvalue weighted by molar-refractivity contribution is 7.99. The van der Waals surface area contributed by atoms with E-state index in [0.717, 1.165) is 16.5 Å². The molecule has 0 radical (unpaired) electrons. The van der Waals surface area contributed by atoms with Gasteiger partial charge in [0.25, 0.3) is 0 Å². The lowest BCUT2D eigenvalue weighted by molar-refractivity contribution is -0.116. The number of rotatable bonds is 7. The second kappa shape index (κ2) is 9.15. The van der Waals surface area contributed by atoms with Gasteiger partial charge in [0.1, 0.15) is 5.82 Å². The fourth-order valence-electron chi connectivity index (χ4n) is 2.61. The first-order valence-electron chi connectivity index (χ1n) is 8.61. The number of thioether (sulfide) groups is 1. The highest BCUT2D eigenvalue weighted by atomic mass is 32.2. The largest absolute Gasteiger partial charge is 0.306 e. The van der Waals surface area contributed by atoms with E-state index in [9.17, 15) is 9.18 Å². The molecule has 0 bridgehead atoms. The third-order valence-electron chi connectivity index (χ3n) is 4.04. The molecule has 0 spiro atoms. The van der Waals surface area contributed by atoms with Gasteiger partial charge in [0.15, 0.2) is 0 Å². The van der Waals surface area contributed by atoms with Crippen LogP contribution in [0.3, 0.4) is 0 Å². The average molecular weight is 401 g/mol. The minimum atomic E-state index is -0.315. The van der Waals surface area contributed by atoms with Gasteiger partial charge in [0.05, 0.1) is 23.0 Å². The molecule has 27 heavy (non-hydrogen) atoms. The predicted octanol–water partition coefficient (Wildman–Crippen LogP) is 5.37. The Morgan fingerprint density at radius 3 is 2.44 bits per heavy atom. The summed E-state index contributed by atoms with van der Waals surface area (Å²) < 4.78 is 13.3. The molecule has 140 valence electrons. The highest BCUT2D eigenvalue weighted by Crippen LogP contribution is 2.21. The van der Waals surface area contributed by atoms with E-state index in [1.54, 1.807) is 40.1 Å². The number of carbonyl (C=O) groups is 1. The number of nitrogens with zero attached hydrogens (tertiary/aromatic N) is 2. The van der Waals surface area contributed by atoms with Gasteiger partial charge in [-0.25, -0.2) is 9.37 Å². The molecule has 6 heteroatoms. The van der Waals surface area contributed by atoms with Gasteiger partial charge in [-0.3, -0.25) is 4.79 Å². The molecule has 3 nitrogen and oxygen atoms in total. The smallest absolute Gasteiger partial charge is 0.237 e. The maximum Gasteiger partial charge on any atom is 0.237 e. The van der Waals surface area contributed by atoms with E-state index in [4.69, 9.17) is 0 Å². The number of aryl methyl sites for hydroxylation is 2. The summed E-state index contributed by atoms with van der Waals surface area (Å²) in [5, 5.41) is 2.92. The Balaban J connectivity index is 1.67. The topological polar surface area (TPSA) is 33.2 Å². The van der Waals surface area contributed by atoms with Crippen molar-refractivity contribution in [2.75, 3.05) is 10.7 Å². The normalized spacial score (nSPS) is 10.8. The van der Waals surface area contributed by atoms with Crippen LogP contribution in [0.4, 0.5) is 10.1 Å². The third kappa shape index (κ3) is 5.65. The molecular weight excluding hydrogens is 379 g/mol. The summed E-state index contributed by atoms with van der Waals surface area (Å²) in [6.45, 7) is 4.39. The zero-order chi connectivity index (χ0) is 19.2. The van der Waals surface area contributed by atoms with Crippen LogP contribution in [0.2, 0.25) is 0 Å². The number of anilines is 1. The molecular formula is C21H21FN2OS2. The summed E-state index contributed by atoms with van der Waals surface area (Å²) in [6.07, 6.45) is 0. The first kappa shape index (κ1) is 19.6. The van der Waals surface area contributed by atoms with Gasteiger partial charge in [0.2, 0.25) is 5.91 Å². The fraction of sp³-hybridized carbons (Fsp3) is 0.238. The number of hydrogen-bond acceptors (Lipinski definition) is 4. The first-order valence-corrected chi connectivity index (χ1v) is 10.6. The molecule has 1 amide bonds. The second-order valence-electron chi connectivity index (χ2n) is 6.29. The summed E-state index contributed by atoms with van der Waals surface area (Å²) >= 11 is 3.14. The Kier molecular flexibility index (Phi) is 6.63. The lowest BCUT2D eigenvalue weighted by Crippen LogP contribution is -2.32. The quantitative estimate of drug-likeness (QED) is 0.535. The number of carbonyl (C=O) groups excluding carboxylic acids is 1. The Hall–Kier alpha value is -2.18. The van der Waals surface area contributed by atoms with E-state index in [1.807, 2.05) is 12.3 Å². The Morgan fingerprint density at radius 1 is 1.11 bits per heavy atom. The van der Waals surface area contributed by atoms with Crippen molar-refractivity contribution in [1.29, 1.82) is 0 Å². The van der Waals surface area contributed by atoms with Crippen molar-refractivity contribution in [2.45, 2.75) is 26.1 Å². The number of aromatic nitrogens is 1. The lowest BCUT2D eigenvalue weighted by Gasteiger charge is -2.22. The minimum Gasteiger partial charge on any atom is -0.306 e. The van der Waals surface area contributed by atoms with Crippen LogP contribution < -0.4 is 4.90 Å². The van der Waals surface area contributed by atoms with E-state index in [0.29, 0.717) is 18.0 Å². The maximum atomic E-state index is 13.3. The third-order valence-corrected chi connectivity index (χ3v) is 5.85. The number of benzene rings is 2. The summed E-state index contributed by atoms with van der Waals surface area (Å²) in [4.78, 5) is 19.0. The predicted molar refractivity (Wildman–Crippen MR) is 112 cm³/mol.